The molecule has 6 nitrogen and oxygen atoms in total. The minimum Gasteiger partial charge on any atom is -0.506 e. The van der Waals surface area contributed by atoms with Crippen LogP contribution in [0, 0.1) is 0 Å². The molecule has 0 aromatic heterocycles. The van der Waals surface area contributed by atoms with Gasteiger partial charge in [0, 0.05) is 5.41 Å². The predicted octanol–water partition coefficient (Wildman–Crippen LogP) is 5.25. The molecule has 0 spiro atoms. The van der Waals surface area contributed by atoms with Crippen LogP contribution in [-0.4, -0.2) is 15.3 Å². The molecule has 4 aromatic rings. The molecule has 0 saturated heterocycles. The number of anilines is 3. The van der Waals surface area contributed by atoms with Crippen LogP contribution in [0.2, 0.25) is 0 Å². The van der Waals surface area contributed by atoms with E-state index in [9.17, 15) is 15.3 Å². The van der Waals surface area contributed by atoms with Crippen molar-refractivity contribution in [3.05, 3.63) is 107 Å². The number of nitrogen functional groups attached to an aromatic ring is 3. The Hall–Kier alpha value is -4.32. The van der Waals surface area contributed by atoms with Crippen LogP contribution in [0.3, 0.4) is 0 Å². The molecule has 180 valence electrons. The normalized spacial score (nSPS) is 12.4. The van der Waals surface area contributed by atoms with Gasteiger partial charge < -0.3 is 32.5 Å². The second-order valence-electron chi connectivity index (χ2n) is 9.29. The van der Waals surface area contributed by atoms with Crippen LogP contribution in [0.4, 0.5) is 17.1 Å². The SMILES string of the molecule is CC(Cc1ccc(O)c(N)c1)c1ccc(C(C)(c2ccc(O)c(N)c2)c2ccc(O)c(N)c2)cc1. The van der Waals surface area contributed by atoms with Crippen LogP contribution in [0.5, 0.6) is 17.2 Å². The molecule has 0 aliphatic heterocycles. The van der Waals surface area contributed by atoms with Crippen molar-refractivity contribution in [3.63, 3.8) is 0 Å². The first-order valence-corrected chi connectivity index (χ1v) is 11.5. The lowest BCUT2D eigenvalue weighted by Gasteiger charge is -2.33. The van der Waals surface area contributed by atoms with E-state index in [-0.39, 0.29) is 23.2 Å². The summed E-state index contributed by atoms with van der Waals surface area (Å²) in [6, 6.07) is 24.1. The Labute approximate surface area is 205 Å². The summed E-state index contributed by atoms with van der Waals surface area (Å²) >= 11 is 0. The molecule has 0 aliphatic rings. The summed E-state index contributed by atoms with van der Waals surface area (Å²) in [5.41, 5.74) is 23.3. The maximum Gasteiger partial charge on any atom is 0.138 e. The number of nitrogens with two attached hydrogens (primary N) is 3. The molecule has 0 radical (unpaired) electrons. The lowest BCUT2D eigenvalue weighted by atomic mass is 9.70. The zero-order valence-electron chi connectivity index (χ0n) is 19.9. The van der Waals surface area contributed by atoms with Crippen molar-refractivity contribution in [3.8, 4) is 17.2 Å². The largest absolute Gasteiger partial charge is 0.506 e. The van der Waals surface area contributed by atoms with Crippen LogP contribution >= 0.6 is 0 Å². The topological polar surface area (TPSA) is 139 Å². The van der Waals surface area contributed by atoms with Crippen molar-refractivity contribution in [2.24, 2.45) is 0 Å². The third-order valence-corrected chi connectivity index (χ3v) is 6.90. The van der Waals surface area contributed by atoms with E-state index >= 15 is 0 Å². The van der Waals surface area contributed by atoms with Crippen molar-refractivity contribution in [2.75, 3.05) is 17.2 Å². The zero-order chi connectivity index (χ0) is 25.3. The van der Waals surface area contributed by atoms with Gasteiger partial charge in [-0.3, -0.25) is 0 Å². The van der Waals surface area contributed by atoms with Gasteiger partial charge in [0.15, 0.2) is 0 Å². The lowest BCUT2D eigenvalue weighted by Crippen LogP contribution is -2.25. The Bertz CT molecular complexity index is 1310. The molecule has 4 aromatic carbocycles. The van der Waals surface area contributed by atoms with Gasteiger partial charge >= 0.3 is 0 Å². The van der Waals surface area contributed by atoms with Crippen molar-refractivity contribution in [2.45, 2.75) is 31.6 Å². The standard InChI is InChI=1S/C29H31N3O3/c1-17(13-18-3-10-26(33)23(30)14-18)19-4-6-20(7-5-19)29(2,21-8-11-27(34)24(31)15-21)22-9-12-28(35)25(32)16-22/h3-12,14-17,33-35H,13,30-32H2,1-2H3. The molecule has 0 bridgehead atoms. The molecule has 4 rings (SSSR count). The second-order valence-corrected chi connectivity index (χ2v) is 9.29. The third kappa shape index (κ3) is 4.55. The highest BCUT2D eigenvalue weighted by atomic mass is 16.3. The fourth-order valence-corrected chi connectivity index (χ4v) is 4.58. The van der Waals surface area contributed by atoms with Crippen LogP contribution in [0.15, 0.2) is 78.9 Å². The van der Waals surface area contributed by atoms with Gasteiger partial charge in [-0.15, -0.1) is 0 Å². The maximum absolute atomic E-state index is 9.98. The predicted molar refractivity (Wildman–Crippen MR) is 142 cm³/mol. The molecule has 0 saturated carbocycles. The fraction of sp³-hybridized carbons (Fsp3) is 0.172. The van der Waals surface area contributed by atoms with Gasteiger partial charge in [-0.25, -0.2) is 0 Å². The zero-order valence-corrected chi connectivity index (χ0v) is 19.9. The van der Waals surface area contributed by atoms with E-state index in [1.807, 2.05) is 24.3 Å². The molecule has 0 aliphatic carbocycles. The molecular weight excluding hydrogens is 438 g/mol. The lowest BCUT2D eigenvalue weighted by molar-refractivity contribution is 0.476. The highest BCUT2D eigenvalue weighted by Crippen LogP contribution is 2.42. The van der Waals surface area contributed by atoms with E-state index in [2.05, 4.69) is 38.1 Å². The third-order valence-electron chi connectivity index (χ3n) is 6.90. The van der Waals surface area contributed by atoms with E-state index in [0.29, 0.717) is 17.1 Å². The van der Waals surface area contributed by atoms with E-state index in [0.717, 1.165) is 34.2 Å². The van der Waals surface area contributed by atoms with Crippen molar-refractivity contribution < 1.29 is 15.3 Å². The molecule has 0 fully saturated rings. The van der Waals surface area contributed by atoms with Crippen molar-refractivity contribution in [1.29, 1.82) is 0 Å². The number of aromatic hydroxyl groups is 3. The summed E-state index contributed by atoms with van der Waals surface area (Å²) in [5, 5.41) is 29.7. The molecule has 0 amide bonds. The number of benzene rings is 4. The molecule has 35 heavy (non-hydrogen) atoms. The van der Waals surface area contributed by atoms with Gasteiger partial charge in [-0.05, 0) is 83.5 Å². The minimum atomic E-state index is -0.642. The van der Waals surface area contributed by atoms with Crippen molar-refractivity contribution in [1.82, 2.24) is 0 Å². The van der Waals surface area contributed by atoms with Gasteiger partial charge in [0.2, 0.25) is 0 Å². The molecule has 1 unspecified atom stereocenters. The average molecular weight is 470 g/mol. The van der Waals surface area contributed by atoms with Gasteiger partial charge in [-0.1, -0.05) is 49.4 Å². The van der Waals surface area contributed by atoms with Crippen molar-refractivity contribution >= 4 is 17.1 Å². The van der Waals surface area contributed by atoms with E-state index in [4.69, 9.17) is 17.2 Å². The molecule has 6 heteroatoms. The maximum atomic E-state index is 9.98. The highest BCUT2D eigenvalue weighted by Gasteiger charge is 2.32. The summed E-state index contributed by atoms with van der Waals surface area (Å²) < 4.78 is 0. The van der Waals surface area contributed by atoms with Crippen LogP contribution in [0.25, 0.3) is 0 Å². The Morgan fingerprint density at radius 2 is 1.06 bits per heavy atom. The van der Waals surface area contributed by atoms with Crippen LogP contribution in [0.1, 0.15) is 47.6 Å². The number of phenolic OH excluding ortho intramolecular Hbond substituents is 3. The Morgan fingerprint density at radius 1 is 0.629 bits per heavy atom. The Morgan fingerprint density at radius 3 is 1.51 bits per heavy atom. The number of hydrogen-bond acceptors (Lipinski definition) is 6. The van der Waals surface area contributed by atoms with E-state index < -0.39 is 5.41 Å². The fourth-order valence-electron chi connectivity index (χ4n) is 4.58. The summed E-state index contributed by atoms with van der Waals surface area (Å²) in [6.45, 7) is 4.22. The summed E-state index contributed by atoms with van der Waals surface area (Å²) in [5.74, 6) is 0.378. The first-order valence-electron chi connectivity index (χ1n) is 11.5. The monoisotopic (exact) mass is 469 g/mol. The summed E-state index contributed by atoms with van der Waals surface area (Å²) in [4.78, 5) is 0. The van der Waals surface area contributed by atoms with Crippen LogP contribution in [-0.2, 0) is 11.8 Å². The molecule has 1 atom stereocenters. The Balaban J connectivity index is 1.73. The number of phenols is 3. The minimum absolute atomic E-state index is 0.0281. The Kier molecular flexibility index (Phi) is 6.22. The summed E-state index contributed by atoms with van der Waals surface area (Å²) in [6.07, 6.45) is 0.782. The number of hydrogen-bond donors (Lipinski definition) is 6. The summed E-state index contributed by atoms with van der Waals surface area (Å²) in [7, 11) is 0. The van der Waals surface area contributed by atoms with E-state index in [1.165, 1.54) is 0 Å². The average Bonchev–Trinajstić information content (AvgIpc) is 2.84. The molecule has 9 N–H and O–H groups in total. The van der Waals surface area contributed by atoms with E-state index in [1.54, 1.807) is 30.3 Å². The number of rotatable bonds is 6. The highest BCUT2D eigenvalue weighted by molar-refractivity contribution is 5.62. The van der Waals surface area contributed by atoms with Gasteiger partial charge in [0.1, 0.15) is 17.2 Å². The first-order chi connectivity index (χ1) is 16.6. The second kappa shape index (κ2) is 9.14. The quantitative estimate of drug-likeness (QED) is 0.129. The van der Waals surface area contributed by atoms with Gasteiger partial charge in [-0.2, -0.15) is 0 Å². The van der Waals surface area contributed by atoms with Gasteiger partial charge in [0.05, 0.1) is 17.1 Å². The van der Waals surface area contributed by atoms with Gasteiger partial charge in [0.25, 0.3) is 0 Å². The van der Waals surface area contributed by atoms with Crippen LogP contribution < -0.4 is 17.2 Å². The first kappa shape index (κ1) is 23.8. The smallest absolute Gasteiger partial charge is 0.138 e. The molecular formula is C29H31N3O3. The molecule has 0 heterocycles.